The van der Waals surface area contributed by atoms with Crippen LogP contribution in [0, 0.1) is 0 Å². The average Bonchev–Trinajstić information content (AvgIpc) is 3.18. The van der Waals surface area contributed by atoms with Crippen molar-refractivity contribution in [3.05, 3.63) is 175 Å². The van der Waals surface area contributed by atoms with Gasteiger partial charge in [0.25, 0.3) is 0 Å². The highest BCUT2D eigenvalue weighted by atomic mass is 15.0. The summed E-state index contributed by atoms with van der Waals surface area (Å²) in [6, 6.07) is 53.7. The van der Waals surface area contributed by atoms with E-state index in [1.54, 1.807) is 0 Å². The summed E-state index contributed by atoms with van der Waals surface area (Å²) >= 11 is 0. The van der Waals surface area contributed by atoms with Crippen molar-refractivity contribution in [3.63, 3.8) is 0 Å². The molecule has 0 amide bonds. The lowest BCUT2D eigenvalue weighted by atomic mass is 9.90. The molecule has 1 heterocycles. The fraction of sp³-hybridized carbons (Fsp3) is 0.0444. The van der Waals surface area contributed by atoms with Crippen molar-refractivity contribution in [2.45, 2.75) is 12.8 Å². The topological polar surface area (TPSA) is 38.7 Å². The monoisotopic (exact) mass is 613 g/mol. The fourth-order valence-electron chi connectivity index (χ4n) is 7.01. The highest BCUT2D eigenvalue weighted by Gasteiger charge is 2.17. The zero-order valence-corrected chi connectivity index (χ0v) is 26.3. The lowest BCUT2D eigenvalue weighted by Crippen LogP contribution is -2.04. The number of rotatable bonds is 5. The van der Waals surface area contributed by atoms with Crippen LogP contribution in [0.25, 0.3) is 77.4 Å². The standard InChI is InChI=1S/C45H31N3/c1-3-13-30(14-4-1)43-46-44(31-15-5-2-6-16-31)48-45(47-43)36-20-12-19-34(28-36)32-17-11-18-33(27-32)35-25-26-41-39-23-8-7-21-37(39)38-22-9-10-24-40(38)42(41)29-35/h1-11,13-18,20-29H,12,19H2. The summed E-state index contributed by atoms with van der Waals surface area (Å²) in [7, 11) is 0. The van der Waals surface area contributed by atoms with Gasteiger partial charge in [-0.05, 0) is 85.6 Å². The van der Waals surface area contributed by atoms with Gasteiger partial charge in [0.05, 0.1) is 0 Å². The molecule has 1 aromatic heterocycles. The van der Waals surface area contributed by atoms with Crippen LogP contribution < -0.4 is 0 Å². The van der Waals surface area contributed by atoms with Crippen LogP contribution in [0.15, 0.2) is 164 Å². The summed E-state index contributed by atoms with van der Waals surface area (Å²) in [5.41, 5.74) is 7.92. The molecule has 0 atom stereocenters. The van der Waals surface area contributed by atoms with Gasteiger partial charge in [-0.25, -0.2) is 15.0 Å². The van der Waals surface area contributed by atoms with Gasteiger partial charge in [-0.15, -0.1) is 0 Å². The Morgan fingerprint density at radius 1 is 0.354 bits per heavy atom. The van der Waals surface area contributed by atoms with E-state index >= 15 is 0 Å². The highest BCUT2D eigenvalue weighted by molar-refractivity contribution is 6.25. The molecule has 8 aromatic rings. The third kappa shape index (κ3) is 5.06. The lowest BCUT2D eigenvalue weighted by Gasteiger charge is -2.16. The Hall–Kier alpha value is -6.19. The summed E-state index contributed by atoms with van der Waals surface area (Å²) in [5, 5.41) is 7.75. The number of hydrogen-bond acceptors (Lipinski definition) is 3. The minimum absolute atomic E-state index is 0.680. The number of fused-ring (bicyclic) bond motifs is 6. The number of hydrogen-bond donors (Lipinski definition) is 0. The van der Waals surface area contributed by atoms with Crippen LogP contribution >= 0.6 is 0 Å². The second kappa shape index (κ2) is 11.9. The molecule has 3 heteroatoms. The molecule has 0 bridgehead atoms. The molecule has 0 saturated heterocycles. The minimum atomic E-state index is 0.680. The van der Waals surface area contributed by atoms with Crippen LogP contribution in [0.4, 0.5) is 0 Å². The highest BCUT2D eigenvalue weighted by Crippen LogP contribution is 2.38. The fourth-order valence-corrected chi connectivity index (χ4v) is 7.01. The second-order valence-corrected chi connectivity index (χ2v) is 12.3. The molecule has 0 spiro atoms. The Labute approximate surface area is 279 Å². The Morgan fingerprint density at radius 3 is 1.46 bits per heavy atom. The van der Waals surface area contributed by atoms with Crippen molar-refractivity contribution in [2.24, 2.45) is 0 Å². The summed E-state index contributed by atoms with van der Waals surface area (Å²) < 4.78 is 0. The Balaban J connectivity index is 1.12. The Bertz CT molecular complexity index is 2450. The molecular formula is C45H31N3. The molecule has 1 aliphatic rings. The van der Waals surface area contributed by atoms with Crippen LogP contribution in [0.3, 0.4) is 0 Å². The smallest absolute Gasteiger partial charge is 0.164 e. The Kier molecular flexibility index (Phi) is 6.94. The van der Waals surface area contributed by atoms with Crippen molar-refractivity contribution in [1.82, 2.24) is 15.0 Å². The van der Waals surface area contributed by atoms with Gasteiger partial charge in [0.15, 0.2) is 17.5 Å². The van der Waals surface area contributed by atoms with Crippen LogP contribution in [-0.4, -0.2) is 15.0 Å². The SMILES string of the molecule is C1=C(c2cccc(-c3ccc4c5ccccc5c5ccccc5c4c3)c2)CCC=C1c1nc(-c2ccccc2)nc(-c2ccccc2)n1. The van der Waals surface area contributed by atoms with Crippen LogP contribution in [0.1, 0.15) is 24.2 Å². The van der Waals surface area contributed by atoms with Crippen LogP contribution in [0.2, 0.25) is 0 Å². The molecule has 226 valence electrons. The van der Waals surface area contributed by atoms with Crippen LogP contribution in [0.5, 0.6) is 0 Å². The van der Waals surface area contributed by atoms with Gasteiger partial charge in [0, 0.05) is 16.7 Å². The zero-order chi connectivity index (χ0) is 31.9. The molecule has 9 rings (SSSR count). The van der Waals surface area contributed by atoms with E-state index in [9.17, 15) is 0 Å². The largest absolute Gasteiger partial charge is 0.208 e. The third-order valence-electron chi connectivity index (χ3n) is 9.38. The van der Waals surface area contributed by atoms with E-state index in [1.807, 2.05) is 60.7 Å². The molecular weight excluding hydrogens is 583 g/mol. The molecule has 0 fully saturated rings. The second-order valence-electron chi connectivity index (χ2n) is 12.3. The van der Waals surface area contributed by atoms with E-state index in [0.717, 1.165) is 29.5 Å². The molecule has 3 nitrogen and oxygen atoms in total. The first-order valence-corrected chi connectivity index (χ1v) is 16.5. The number of allylic oxidation sites excluding steroid dienone is 4. The van der Waals surface area contributed by atoms with Gasteiger partial charge < -0.3 is 0 Å². The zero-order valence-electron chi connectivity index (χ0n) is 26.3. The lowest BCUT2D eigenvalue weighted by molar-refractivity contribution is 1.01. The van der Waals surface area contributed by atoms with Gasteiger partial charge in [-0.2, -0.15) is 0 Å². The molecule has 1 aliphatic carbocycles. The quantitative estimate of drug-likeness (QED) is 0.181. The van der Waals surface area contributed by atoms with E-state index < -0.39 is 0 Å². The number of aromatic nitrogens is 3. The number of nitrogens with zero attached hydrogens (tertiary/aromatic N) is 3. The normalized spacial score (nSPS) is 13.1. The van der Waals surface area contributed by atoms with Gasteiger partial charge in [-0.3, -0.25) is 0 Å². The predicted molar refractivity (Wildman–Crippen MR) is 200 cm³/mol. The van der Waals surface area contributed by atoms with Crippen molar-refractivity contribution in [3.8, 4) is 33.9 Å². The maximum atomic E-state index is 4.99. The molecule has 0 aliphatic heterocycles. The molecule has 0 unspecified atom stereocenters. The summed E-state index contributed by atoms with van der Waals surface area (Å²) in [4.78, 5) is 14.9. The van der Waals surface area contributed by atoms with E-state index in [-0.39, 0.29) is 0 Å². The summed E-state index contributed by atoms with van der Waals surface area (Å²) in [5.74, 6) is 2.06. The molecule has 0 N–H and O–H groups in total. The number of benzene rings is 7. The minimum Gasteiger partial charge on any atom is -0.208 e. The molecule has 0 saturated carbocycles. The first-order valence-electron chi connectivity index (χ1n) is 16.5. The van der Waals surface area contributed by atoms with Crippen molar-refractivity contribution >= 4 is 43.5 Å². The van der Waals surface area contributed by atoms with E-state index in [2.05, 4.69) is 103 Å². The molecule has 0 radical (unpaired) electrons. The van der Waals surface area contributed by atoms with Gasteiger partial charge in [-0.1, -0.05) is 146 Å². The van der Waals surface area contributed by atoms with Crippen molar-refractivity contribution in [1.29, 1.82) is 0 Å². The summed E-state index contributed by atoms with van der Waals surface area (Å²) in [6.07, 6.45) is 6.41. The van der Waals surface area contributed by atoms with Crippen molar-refractivity contribution in [2.75, 3.05) is 0 Å². The average molecular weight is 614 g/mol. The van der Waals surface area contributed by atoms with Gasteiger partial charge in [0.1, 0.15) is 0 Å². The molecule has 7 aromatic carbocycles. The first kappa shape index (κ1) is 28.1. The maximum Gasteiger partial charge on any atom is 0.164 e. The summed E-state index contributed by atoms with van der Waals surface area (Å²) in [6.45, 7) is 0. The van der Waals surface area contributed by atoms with Gasteiger partial charge >= 0.3 is 0 Å². The maximum absolute atomic E-state index is 4.99. The third-order valence-corrected chi connectivity index (χ3v) is 9.38. The first-order chi connectivity index (χ1) is 23.8. The predicted octanol–water partition coefficient (Wildman–Crippen LogP) is 11.6. The van der Waals surface area contributed by atoms with E-state index in [4.69, 9.17) is 15.0 Å². The van der Waals surface area contributed by atoms with E-state index in [1.165, 1.54) is 54.6 Å². The van der Waals surface area contributed by atoms with Gasteiger partial charge in [0.2, 0.25) is 0 Å². The molecule has 48 heavy (non-hydrogen) atoms. The van der Waals surface area contributed by atoms with Crippen LogP contribution in [-0.2, 0) is 0 Å². The van der Waals surface area contributed by atoms with E-state index in [0.29, 0.717) is 17.5 Å². The van der Waals surface area contributed by atoms with Crippen molar-refractivity contribution < 1.29 is 0 Å². The Morgan fingerprint density at radius 2 is 0.833 bits per heavy atom.